The molecule has 1 heterocycles. The van der Waals surface area contributed by atoms with Crippen molar-refractivity contribution < 1.29 is 9.13 Å². The summed E-state index contributed by atoms with van der Waals surface area (Å²) in [6.45, 7) is 3.83. The van der Waals surface area contributed by atoms with Gasteiger partial charge in [0.25, 0.3) is 0 Å². The van der Waals surface area contributed by atoms with Crippen LogP contribution in [0.2, 0.25) is 5.02 Å². The quantitative estimate of drug-likeness (QED) is 0.867. The maximum Gasteiger partial charge on any atom is 0.138 e. The van der Waals surface area contributed by atoms with E-state index in [1.54, 1.807) is 18.5 Å². The topological polar surface area (TPSA) is 48.1 Å². The first kappa shape index (κ1) is 13.6. The number of nitrogens with two attached hydrogens (primary N) is 1. The molecule has 0 atom stereocenters. The lowest BCUT2D eigenvalue weighted by Crippen LogP contribution is -2.05. The second kappa shape index (κ2) is 5.45. The van der Waals surface area contributed by atoms with Gasteiger partial charge in [-0.3, -0.25) is 4.98 Å². The second-order valence-corrected chi connectivity index (χ2v) is 4.83. The smallest absolute Gasteiger partial charge is 0.138 e. The van der Waals surface area contributed by atoms with Gasteiger partial charge in [-0.1, -0.05) is 11.6 Å². The molecule has 0 saturated heterocycles. The van der Waals surface area contributed by atoms with Crippen molar-refractivity contribution in [1.29, 1.82) is 0 Å². The third-order valence-electron chi connectivity index (χ3n) is 2.49. The number of hydrogen-bond donors (Lipinski definition) is 1. The molecule has 0 aliphatic heterocycles. The fraction of sp³-hybridized carbons (Fsp3) is 0.214. The largest absolute Gasteiger partial charge is 0.489 e. The van der Waals surface area contributed by atoms with E-state index in [0.717, 1.165) is 0 Å². The minimum absolute atomic E-state index is 0.0329. The van der Waals surface area contributed by atoms with E-state index in [1.807, 2.05) is 13.8 Å². The molecule has 0 unspecified atom stereocenters. The Bertz CT molecular complexity index is 602. The van der Waals surface area contributed by atoms with Gasteiger partial charge >= 0.3 is 0 Å². The first-order valence-electron chi connectivity index (χ1n) is 5.84. The number of halogens is 2. The number of nitrogens with zero attached hydrogens (tertiary/aromatic N) is 1. The fourth-order valence-corrected chi connectivity index (χ4v) is 1.93. The van der Waals surface area contributed by atoms with Crippen LogP contribution in [-0.2, 0) is 0 Å². The van der Waals surface area contributed by atoms with Gasteiger partial charge in [0.05, 0.1) is 23.0 Å². The molecule has 0 spiro atoms. The van der Waals surface area contributed by atoms with Gasteiger partial charge < -0.3 is 10.5 Å². The Kier molecular flexibility index (Phi) is 3.90. The highest BCUT2D eigenvalue weighted by Gasteiger charge is 2.10. The highest BCUT2D eigenvalue weighted by atomic mass is 35.5. The lowest BCUT2D eigenvalue weighted by molar-refractivity contribution is 0.241. The Morgan fingerprint density at radius 2 is 2.00 bits per heavy atom. The number of benzene rings is 1. The molecule has 0 aliphatic rings. The molecule has 0 aliphatic carbocycles. The number of hydrogen-bond acceptors (Lipinski definition) is 3. The van der Waals surface area contributed by atoms with Crippen molar-refractivity contribution in [2.75, 3.05) is 5.73 Å². The van der Waals surface area contributed by atoms with Gasteiger partial charge in [-0.15, -0.1) is 0 Å². The standard InChI is InChI=1S/C14H14ClFN2O/c1-8(2)19-11-3-9(6-18-7-11)12-4-10(16)5-13(15)14(12)17/h3-8H,17H2,1-2H3. The van der Waals surface area contributed by atoms with E-state index in [9.17, 15) is 4.39 Å². The summed E-state index contributed by atoms with van der Waals surface area (Å²) in [5, 5.41) is 0.185. The third kappa shape index (κ3) is 3.15. The summed E-state index contributed by atoms with van der Waals surface area (Å²) in [5.74, 6) is 0.164. The van der Waals surface area contributed by atoms with Gasteiger partial charge in [0.1, 0.15) is 11.6 Å². The molecule has 1 aromatic heterocycles. The van der Waals surface area contributed by atoms with Gasteiger partial charge in [0.15, 0.2) is 0 Å². The first-order valence-corrected chi connectivity index (χ1v) is 6.21. The van der Waals surface area contributed by atoms with E-state index in [-0.39, 0.29) is 11.1 Å². The molecule has 100 valence electrons. The number of nitrogen functional groups attached to an aromatic ring is 1. The van der Waals surface area contributed by atoms with Crippen LogP contribution < -0.4 is 10.5 Å². The Hall–Kier alpha value is -1.81. The monoisotopic (exact) mass is 280 g/mol. The molecular weight excluding hydrogens is 267 g/mol. The summed E-state index contributed by atoms with van der Waals surface area (Å²) in [4.78, 5) is 4.07. The summed E-state index contributed by atoms with van der Waals surface area (Å²) in [5.41, 5.74) is 7.36. The van der Waals surface area contributed by atoms with Gasteiger partial charge in [-0.2, -0.15) is 0 Å². The van der Waals surface area contributed by atoms with Gasteiger partial charge in [-0.05, 0) is 32.0 Å². The summed E-state index contributed by atoms with van der Waals surface area (Å²) >= 11 is 5.88. The van der Waals surface area contributed by atoms with Crippen molar-refractivity contribution in [2.24, 2.45) is 0 Å². The predicted molar refractivity (Wildman–Crippen MR) is 74.8 cm³/mol. The molecular formula is C14H14ClFN2O. The molecule has 2 N–H and O–H groups in total. The van der Waals surface area contributed by atoms with E-state index in [0.29, 0.717) is 22.6 Å². The van der Waals surface area contributed by atoms with E-state index < -0.39 is 5.82 Å². The molecule has 19 heavy (non-hydrogen) atoms. The average molecular weight is 281 g/mol. The zero-order chi connectivity index (χ0) is 14.0. The van der Waals surface area contributed by atoms with Crippen LogP contribution in [0, 0.1) is 5.82 Å². The summed E-state index contributed by atoms with van der Waals surface area (Å²) in [6.07, 6.45) is 3.22. The Labute approximate surface area is 116 Å². The molecule has 0 fully saturated rings. The minimum atomic E-state index is -0.440. The number of rotatable bonds is 3. The van der Waals surface area contributed by atoms with Crippen LogP contribution in [-0.4, -0.2) is 11.1 Å². The Morgan fingerprint density at radius 3 is 2.68 bits per heavy atom. The Morgan fingerprint density at radius 1 is 1.26 bits per heavy atom. The van der Waals surface area contributed by atoms with Crippen molar-refractivity contribution in [3.8, 4) is 16.9 Å². The predicted octanol–water partition coefficient (Wildman–Crippen LogP) is 3.91. The van der Waals surface area contributed by atoms with Crippen LogP contribution in [0.15, 0.2) is 30.6 Å². The van der Waals surface area contributed by atoms with Gasteiger partial charge in [0.2, 0.25) is 0 Å². The maximum atomic E-state index is 13.4. The van der Waals surface area contributed by atoms with Gasteiger partial charge in [-0.25, -0.2) is 4.39 Å². The highest BCUT2D eigenvalue weighted by Crippen LogP contribution is 2.33. The summed E-state index contributed by atoms with van der Waals surface area (Å²) in [6, 6.07) is 4.27. The SMILES string of the molecule is CC(C)Oc1cncc(-c2cc(F)cc(Cl)c2N)c1. The number of ether oxygens (including phenoxy) is 1. The average Bonchev–Trinajstić information content (AvgIpc) is 2.33. The maximum absolute atomic E-state index is 13.4. The van der Waals surface area contributed by atoms with Crippen LogP contribution in [0.1, 0.15) is 13.8 Å². The highest BCUT2D eigenvalue weighted by molar-refractivity contribution is 6.33. The summed E-state index contributed by atoms with van der Waals surface area (Å²) < 4.78 is 19.0. The first-order chi connectivity index (χ1) is 8.97. The molecule has 0 radical (unpaired) electrons. The molecule has 0 amide bonds. The van der Waals surface area contributed by atoms with Crippen molar-refractivity contribution in [2.45, 2.75) is 20.0 Å². The zero-order valence-corrected chi connectivity index (χ0v) is 11.4. The van der Waals surface area contributed by atoms with Crippen LogP contribution in [0.4, 0.5) is 10.1 Å². The lowest BCUT2D eigenvalue weighted by Gasteiger charge is -2.12. The van der Waals surface area contributed by atoms with E-state index >= 15 is 0 Å². The summed E-state index contributed by atoms with van der Waals surface area (Å²) in [7, 11) is 0. The van der Waals surface area contributed by atoms with Crippen molar-refractivity contribution in [3.63, 3.8) is 0 Å². The number of pyridine rings is 1. The van der Waals surface area contributed by atoms with E-state index in [2.05, 4.69) is 4.98 Å². The van der Waals surface area contributed by atoms with Crippen molar-refractivity contribution in [1.82, 2.24) is 4.98 Å². The second-order valence-electron chi connectivity index (χ2n) is 4.42. The number of anilines is 1. The molecule has 2 aromatic rings. The van der Waals surface area contributed by atoms with Crippen LogP contribution in [0.3, 0.4) is 0 Å². The molecule has 3 nitrogen and oxygen atoms in total. The Balaban J connectivity index is 2.47. The molecule has 5 heteroatoms. The van der Waals surface area contributed by atoms with Gasteiger partial charge in [0, 0.05) is 17.3 Å². The third-order valence-corrected chi connectivity index (χ3v) is 2.80. The normalized spacial score (nSPS) is 10.8. The van der Waals surface area contributed by atoms with Crippen molar-refractivity contribution in [3.05, 3.63) is 41.4 Å². The van der Waals surface area contributed by atoms with Crippen molar-refractivity contribution >= 4 is 17.3 Å². The zero-order valence-electron chi connectivity index (χ0n) is 10.7. The lowest BCUT2D eigenvalue weighted by atomic mass is 10.1. The van der Waals surface area contributed by atoms with Crippen LogP contribution >= 0.6 is 11.6 Å². The number of aromatic nitrogens is 1. The molecule has 0 bridgehead atoms. The molecule has 0 saturated carbocycles. The van der Waals surface area contributed by atoms with E-state index in [1.165, 1.54) is 12.1 Å². The molecule has 1 aromatic carbocycles. The fourth-order valence-electron chi connectivity index (χ4n) is 1.73. The van der Waals surface area contributed by atoms with Crippen LogP contribution in [0.25, 0.3) is 11.1 Å². The van der Waals surface area contributed by atoms with Crippen LogP contribution in [0.5, 0.6) is 5.75 Å². The molecule has 2 rings (SSSR count). The van der Waals surface area contributed by atoms with E-state index in [4.69, 9.17) is 22.1 Å². The minimum Gasteiger partial charge on any atom is -0.489 e.